The van der Waals surface area contributed by atoms with E-state index in [1.807, 2.05) is 6.07 Å². The van der Waals surface area contributed by atoms with Gasteiger partial charge in [0.05, 0.1) is 0 Å². The molecule has 0 radical (unpaired) electrons. The Balaban J connectivity index is 0.000000810. The molecule has 56 valence electrons. The van der Waals surface area contributed by atoms with Crippen molar-refractivity contribution in [2.24, 2.45) is 0 Å². The Morgan fingerprint density at radius 1 is 1.20 bits per heavy atom. The minimum absolute atomic E-state index is 0. The van der Waals surface area contributed by atoms with Crippen molar-refractivity contribution in [2.45, 2.75) is 0 Å². The van der Waals surface area contributed by atoms with Gasteiger partial charge >= 0.3 is 8.03 Å². The molecule has 0 saturated carbocycles. The van der Waals surface area contributed by atoms with Crippen LogP contribution >= 0.6 is 8.03 Å². The Morgan fingerprint density at radius 2 is 1.70 bits per heavy atom. The minimum atomic E-state index is -2.15. The van der Waals surface area contributed by atoms with Crippen molar-refractivity contribution in [3.05, 3.63) is 30.3 Å². The van der Waals surface area contributed by atoms with Gasteiger partial charge in [-0.1, -0.05) is 18.2 Å². The summed E-state index contributed by atoms with van der Waals surface area (Å²) in [7, 11) is -2.15. The van der Waals surface area contributed by atoms with Crippen molar-refractivity contribution in [2.75, 3.05) is 0 Å². The molecular formula is C6H6NiO2P+. The predicted octanol–water partition coefficient (Wildman–Crippen LogP) is 1.04. The van der Waals surface area contributed by atoms with Crippen molar-refractivity contribution < 1.29 is 25.9 Å². The minimum Gasteiger partial charge on any atom is -0.156 e. The SMILES string of the molecule is O=[P+](O)c1ccccc1.[Ni]. The molecule has 2 nitrogen and oxygen atoms in total. The fourth-order valence-electron chi connectivity index (χ4n) is 0.556. The predicted molar refractivity (Wildman–Crippen MR) is 35.9 cm³/mol. The zero-order valence-electron chi connectivity index (χ0n) is 5.01. The van der Waals surface area contributed by atoms with E-state index >= 15 is 0 Å². The number of hydrogen-bond acceptors (Lipinski definition) is 1. The summed E-state index contributed by atoms with van der Waals surface area (Å²) in [6, 6.07) is 8.53. The largest absolute Gasteiger partial charge is 0.546 e. The smallest absolute Gasteiger partial charge is 0.156 e. The molecule has 0 amide bonds. The molecule has 0 heterocycles. The van der Waals surface area contributed by atoms with Crippen molar-refractivity contribution in [3.8, 4) is 0 Å². The van der Waals surface area contributed by atoms with E-state index in [-0.39, 0.29) is 16.5 Å². The van der Waals surface area contributed by atoms with Gasteiger partial charge in [-0.05, 0) is 16.7 Å². The van der Waals surface area contributed by atoms with Crippen LogP contribution in [0, 0.1) is 0 Å². The first-order chi connectivity index (χ1) is 4.30. The fourth-order valence-corrected chi connectivity index (χ4v) is 0.983. The van der Waals surface area contributed by atoms with Gasteiger partial charge in [0.2, 0.25) is 5.30 Å². The Bertz CT molecular complexity index is 212. The van der Waals surface area contributed by atoms with Crippen LogP contribution in [0.5, 0.6) is 0 Å². The maximum atomic E-state index is 10.3. The summed E-state index contributed by atoms with van der Waals surface area (Å²) in [5.41, 5.74) is 0. The van der Waals surface area contributed by atoms with Gasteiger partial charge in [-0.2, -0.15) is 4.89 Å². The summed E-state index contributed by atoms with van der Waals surface area (Å²) in [5.74, 6) is 0. The summed E-state index contributed by atoms with van der Waals surface area (Å²) >= 11 is 0. The zero-order valence-corrected chi connectivity index (χ0v) is 6.89. The van der Waals surface area contributed by atoms with Crippen LogP contribution in [0.4, 0.5) is 0 Å². The van der Waals surface area contributed by atoms with Crippen molar-refractivity contribution in [3.63, 3.8) is 0 Å². The first kappa shape index (κ1) is 9.77. The van der Waals surface area contributed by atoms with Gasteiger partial charge in [0.1, 0.15) is 0 Å². The molecular weight excluding hydrogens is 194 g/mol. The average molecular weight is 200 g/mol. The molecule has 1 atom stereocenters. The molecule has 10 heavy (non-hydrogen) atoms. The third kappa shape index (κ3) is 2.57. The molecule has 4 heteroatoms. The Hall–Kier alpha value is -0.226. The number of benzene rings is 1. The van der Waals surface area contributed by atoms with Crippen molar-refractivity contribution >= 4 is 13.3 Å². The van der Waals surface area contributed by atoms with Crippen LogP contribution in [0.1, 0.15) is 0 Å². The Labute approximate surface area is 70.1 Å². The third-order valence-corrected chi connectivity index (χ3v) is 1.72. The van der Waals surface area contributed by atoms with Gasteiger partial charge < -0.3 is 0 Å². The van der Waals surface area contributed by atoms with Crippen molar-refractivity contribution in [1.29, 1.82) is 0 Å². The van der Waals surface area contributed by atoms with Crippen LogP contribution < -0.4 is 5.30 Å². The van der Waals surface area contributed by atoms with E-state index in [0.29, 0.717) is 5.30 Å². The van der Waals surface area contributed by atoms with Gasteiger partial charge in [-0.15, -0.1) is 0 Å². The summed E-state index contributed by atoms with van der Waals surface area (Å²) in [6.45, 7) is 0. The molecule has 0 saturated heterocycles. The van der Waals surface area contributed by atoms with Gasteiger partial charge in [0.25, 0.3) is 0 Å². The molecule has 0 fully saturated rings. The summed E-state index contributed by atoms with van der Waals surface area (Å²) in [6.07, 6.45) is 0. The van der Waals surface area contributed by atoms with Crippen molar-refractivity contribution in [1.82, 2.24) is 0 Å². The summed E-state index contributed by atoms with van der Waals surface area (Å²) in [4.78, 5) is 8.53. The second-order valence-corrected chi connectivity index (χ2v) is 2.67. The molecule has 1 aromatic rings. The summed E-state index contributed by atoms with van der Waals surface area (Å²) in [5, 5.41) is 0.479. The maximum Gasteiger partial charge on any atom is 0.546 e. The van der Waals surface area contributed by atoms with Gasteiger partial charge in [-0.3, -0.25) is 0 Å². The topological polar surface area (TPSA) is 37.3 Å². The first-order valence-corrected chi connectivity index (χ1v) is 3.73. The molecule has 0 aliphatic rings. The number of rotatable bonds is 1. The normalized spacial score (nSPS) is 9.90. The Morgan fingerprint density at radius 3 is 2.00 bits per heavy atom. The average Bonchev–Trinajstić information content (AvgIpc) is 1.90. The second-order valence-electron chi connectivity index (χ2n) is 1.61. The molecule has 0 bridgehead atoms. The monoisotopic (exact) mass is 199 g/mol. The molecule has 0 aliphatic heterocycles. The molecule has 0 spiro atoms. The molecule has 0 aromatic heterocycles. The van der Waals surface area contributed by atoms with Crippen LogP contribution in [0.3, 0.4) is 0 Å². The quantitative estimate of drug-likeness (QED) is 0.543. The van der Waals surface area contributed by atoms with E-state index in [0.717, 1.165) is 0 Å². The van der Waals surface area contributed by atoms with E-state index in [1.54, 1.807) is 24.3 Å². The van der Waals surface area contributed by atoms with Crippen LogP contribution in [0.2, 0.25) is 0 Å². The Kier molecular flexibility index (Phi) is 4.46. The maximum absolute atomic E-state index is 10.3. The second kappa shape index (κ2) is 4.57. The molecule has 0 aliphatic carbocycles. The van der Waals surface area contributed by atoms with Gasteiger partial charge in [0.15, 0.2) is 0 Å². The number of hydrogen-bond donors (Lipinski definition) is 1. The van der Waals surface area contributed by atoms with E-state index in [1.165, 1.54) is 0 Å². The zero-order chi connectivity index (χ0) is 6.69. The van der Waals surface area contributed by atoms with Gasteiger partial charge in [0, 0.05) is 16.5 Å². The van der Waals surface area contributed by atoms with Gasteiger partial charge in [-0.25, -0.2) is 0 Å². The fraction of sp³-hybridized carbons (Fsp3) is 0. The first-order valence-electron chi connectivity index (χ1n) is 2.52. The van der Waals surface area contributed by atoms with E-state index in [2.05, 4.69) is 0 Å². The van der Waals surface area contributed by atoms with Crippen LogP contribution in [0.25, 0.3) is 0 Å². The van der Waals surface area contributed by atoms with Crippen LogP contribution in [-0.2, 0) is 21.1 Å². The molecule has 1 unspecified atom stereocenters. The molecule has 1 rings (SSSR count). The van der Waals surface area contributed by atoms with E-state index in [9.17, 15) is 4.57 Å². The molecule has 1 aromatic carbocycles. The van der Waals surface area contributed by atoms with E-state index in [4.69, 9.17) is 4.89 Å². The van der Waals surface area contributed by atoms with E-state index < -0.39 is 8.03 Å². The van der Waals surface area contributed by atoms with Crippen LogP contribution in [0.15, 0.2) is 30.3 Å². The standard InChI is InChI=1S/C6H5O2P.Ni/c7-9(8)6-4-2-1-3-5-6;/h1-5H;/p+1. The van der Waals surface area contributed by atoms with Crippen LogP contribution in [-0.4, -0.2) is 4.89 Å². The third-order valence-electron chi connectivity index (χ3n) is 0.977. The summed E-state index contributed by atoms with van der Waals surface area (Å²) < 4.78 is 10.3. The molecule has 1 N–H and O–H groups in total.